The van der Waals surface area contributed by atoms with E-state index in [2.05, 4.69) is 0 Å². The summed E-state index contributed by atoms with van der Waals surface area (Å²) < 4.78 is 4.75. The molecule has 1 atom stereocenters. The van der Waals surface area contributed by atoms with E-state index in [1.807, 2.05) is 0 Å². The Morgan fingerprint density at radius 2 is 2.33 bits per heavy atom. The van der Waals surface area contributed by atoms with Gasteiger partial charge in [-0.1, -0.05) is 0 Å². The van der Waals surface area contributed by atoms with Gasteiger partial charge >= 0.3 is 18.9 Å². The van der Waals surface area contributed by atoms with Crippen LogP contribution < -0.4 is 24.0 Å². The first kappa shape index (κ1) is 9.03. The summed E-state index contributed by atoms with van der Waals surface area (Å²) in [5.41, 5.74) is 0. The normalized spacial score (nSPS) is 25.1. The number of carboxylic acids is 1. The summed E-state index contributed by atoms with van der Waals surface area (Å²) in [5, 5.41) is 9.97. The van der Waals surface area contributed by atoms with E-state index < -0.39 is 12.1 Å². The first-order valence-corrected chi connectivity index (χ1v) is 2.63. The molecular weight excluding hydrogens is 115 g/mol. The molecule has 0 N–H and O–H groups in total. The van der Waals surface area contributed by atoms with Crippen molar-refractivity contribution in [1.82, 2.24) is 0 Å². The van der Waals surface area contributed by atoms with Gasteiger partial charge in [0.2, 0.25) is 0 Å². The van der Waals surface area contributed by atoms with Crippen LogP contribution in [-0.2, 0) is 9.53 Å². The van der Waals surface area contributed by atoms with Crippen LogP contribution in [0.5, 0.6) is 0 Å². The summed E-state index contributed by atoms with van der Waals surface area (Å²) in [6, 6.07) is 0. The van der Waals surface area contributed by atoms with E-state index in [-0.39, 0.29) is 18.9 Å². The summed E-state index contributed by atoms with van der Waals surface area (Å²) in [7, 11) is 0. The van der Waals surface area contributed by atoms with Crippen LogP contribution in [0.3, 0.4) is 0 Å². The number of carbonyl (C=O) groups is 1. The molecule has 3 nitrogen and oxygen atoms in total. The molecule has 46 valence electrons. The molecule has 1 rings (SSSR count). The van der Waals surface area contributed by atoms with Gasteiger partial charge in [-0.15, -0.1) is 0 Å². The van der Waals surface area contributed by atoms with Crippen molar-refractivity contribution in [1.29, 1.82) is 0 Å². The van der Waals surface area contributed by atoms with E-state index in [4.69, 9.17) is 4.74 Å². The van der Waals surface area contributed by atoms with Crippen LogP contribution >= 0.6 is 0 Å². The van der Waals surface area contributed by atoms with Crippen molar-refractivity contribution in [2.75, 3.05) is 6.61 Å². The second-order valence-electron chi connectivity index (χ2n) is 1.82. The Morgan fingerprint density at radius 3 is 2.56 bits per heavy atom. The first-order chi connectivity index (χ1) is 3.80. The number of hydrogen-bond donors (Lipinski definition) is 0. The van der Waals surface area contributed by atoms with Crippen molar-refractivity contribution in [3.8, 4) is 0 Å². The Labute approximate surface area is 65.6 Å². The zero-order chi connectivity index (χ0) is 5.98. The fourth-order valence-electron chi connectivity index (χ4n) is 0.764. The van der Waals surface area contributed by atoms with E-state index in [0.717, 1.165) is 6.42 Å². The molecule has 1 aliphatic rings. The van der Waals surface area contributed by atoms with Crippen molar-refractivity contribution in [3.05, 3.63) is 0 Å². The summed E-state index contributed by atoms with van der Waals surface area (Å²) >= 11 is 0. The molecule has 0 amide bonds. The Morgan fingerprint density at radius 1 is 1.67 bits per heavy atom. The Bertz CT molecular complexity index is 98.4. The van der Waals surface area contributed by atoms with Gasteiger partial charge in [-0.25, -0.2) is 0 Å². The van der Waals surface area contributed by atoms with E-state index in [1.54, 1.807) is 0 Å². The number of carboxylic acid groups (broad SMARTS) is 1. The summed E-state index contributed by atoms with van der Waals surface area (Å²) in [4.78, 5) is 9.97. The van der Waals surface area contributed by atoms with Gasteiger partial charge in [-0.2, -0.15) is 0 Å². The maximum absolute atomic E-state index is 9.97. The van der Waals surface area contributed by atoms with Gasteiger partial charge < -0.3 is 14.6 Å². The van der Waals surface area contributed by atoms with Crippen LogP contribution in [0.15, 0.2) is 0 Å². The van der Waals surface area contributed by atoms with Crippen molar-refractivity contribution in [3.63, 3.8) is 0 Å². The maximum atomic E-state index is 9.97. The molecule has 1 saturated heterocycles. The zero-order valence-electron chi connectivity index (χ0n) is 5.42. The van der Waals surface area contributed by atoms with Crippen LogP contribution in [0.2, 0.25) is 0 Å². The molecule has 0 saturated carbocycles. The number of hydrogen-bond acceptors (Lipinski definition) is 3. The molecule has 0 aliphatic carbocycles. The summed E-state index contributed by atoms with van der Waals surface area (Å²) in [6.07, 6.45) is 0.830. The van der Waals surface area contributed by atoms with Crippen LogP contribution in [0.25, 0.3) is 0 Å². The van der Waals surface area contributed by atoms with Crippen molar-refractivity contribution >= 4 is 5.97 Å². The minimum Gasteiger partial charge on any atom is -0.547 e. The molecule has 0 aromatic heterocycles. The number of ether oxygens (including phenoxy) is 1. The molecule has 4 heteroatoms. The largest absolute Gasteiger partial charge is 1.00 e. The van der Waals surface area contributed by atoms with Crippen LogP contribution in [0.1, 0.15) is 12.8 Å². The smallest absolute Gasteiger partial charge is 0.547 e. The van der Waals surface area contributed by atoms with Crippen molar-refractivity contribution < 1.29 is 33.5 Å². The quantitative estimate of drug-likeness (QED) is 0.332. The zero-order valence-corrected chi connectivity index (χ0v) is 5.42. The average Bonchev–Trinajstić information content (AvgIpc) is 2.12. The molecule has 1 fully saturated rings. The van der Waals surface area contributed by atoms with Gasteiger partial charge in [-0.05, 0) is 12.8 Å². The van der Waals surface area contributed by atoms with Gasteiger partial charge in [0, 0.05) is 6.61 Å². The fourth-order valence-corrected chi connectivity index (χ4v) is 0.764. The molecule has 0 radical (unpaired) electrons. The minimum atomic E-state index is -1.08. The molecule has 1 aliphatic heterocycles. The van der Waals surface area contributed by atoms with E-state index in [9.17, 15) is 9.90 Å². The van der Waals surface area contributed by atoms with E-state index in [1.165, 1.54) is 0 Å². The van der Waals surface area contributed by atoms with Crippen LogP contribution in [-0.4, -0.2) is 18.7 Å². The second kappa shape index (κ2) is 3.94. The maximum Gasteiger partial charge on any atom is 1.00 e. The van der Waals surface area contributed by atoms with Gasteiger partial charge in [0.05, 0.1) is 12.1 Å². The average molecular weight is 122 g/mol. The van der Waals surface area contributed by atoms with Gasteiger partial charge in [0.15, 0.2) is 0 Å². The summed E-state index contributed by atoms with van der Waals surface area (Å²) in [6.45, 7) is 0.568. The number of aliphatic carboxylic acids is 1. The molecule has 0 spiro atoms. The standard InChI is InChI=1S/C5H8O3.Li/c6-5(7)4-2-1-3-8-4;/h4H,1-3H2,(H,6,7);/q;+1/p-1. The summed E-state index contributed by atoms with van der Waals surface area (Å²) in [5.74, 6) is -1.08. The number of carbonyl (C=O) groups excluding carboxylic acids is 1. The van der Waals surface area contributed by atoms with Crippen molar-refractivity contribution in [2.45, 2.75) is 18.9 Å². The predicted molar refractivity (Wildman–Crippen MR) is 24.0 cm³/mol. The Kier molecular flexibility index (Phi) is 3.95. The Balaban J connectivity index is 0.000000640. The molecule has 1 unspecified atom stereocenters. The third kappa shape index (κ3) is 2.40. The van der Waals surface area contributed by atoms with Crippen LogP contribution in [0, 0.1) is 0 Å². The molecule has 0 aromatic rings. The SMILES string of the molecule is O=C([O-])C1CCCO1.[Li+]. The third-order valence-electron chi connectivity index (χ3n) is 1.19. The van der Waals surface area contributed by atoms with Gasteiger partial charge in [0.25, 0.3) is 0 Å². The molecule has 1 heterocycles. The van der Waals surface area contributed by atoms with E-state index in [0.29, 0.717) is 13.0 Å². The predicted octanol–water partition coefficient (Wildman–Crippen LogP) is -4.08. The first-order valence-electron chi connectivity index (χ1n) is 2.63. The van der Waals surface area contributed by atoms with Gasteiger partial charge in [-0.3, -0.25) is 0 Å². The van der Waals surface area contributed by atoms with E-state index >= 15 is 0 Å². The Hall–Kier alpha value is 0.0274. The molecular formula is C5H7LiO3. The monoisotopic (exact) mass is 122 g/mol. The molecule has 9 heavy (non-hydrogen) atoms. The van der Waals surface area contributed by atoms with Crippen LogP contribution in [0.4, 0.5) is 0 Å². The fraction of sp³-hybridized carbons (Fsp3) is 0.800. The van der Waals surface area contributed by atoms with Crippen molar-refractivity contribution in [2.24, 2.45) is 0 Å². The number of rotatable bonds is 1. The topological polar surface area (TPSA) is 49.4 Å². The molecule has 0 aromatic carbocycles. The third-order valence-corrected chi connectivity index (χ3v) is 1.19. The molecule has 0 bridgehead atoms. The van der Waals surface area contributed by atoms with Gasteiger partial charge in [0.1, 0.15) is 0 Å². The minimum absolute atomic E-state index is 0. The second-order valence-corrected chi connectivity index (χ2v) is 1.82.